The number of nitrogens with zero attached hydrogens (tertiary/aromatic N) is 1. The van der Waals surface area contributed by atoms with Gasteiger partial charge in [-0.2, -0.15) is 0 Å². The lowest BCUT2D eigenvalue weighted by molar-refractivity contribution is -0.125. The molecule has 1 fully saturated rings. The van der Waals surface area contributed by atoms with Gasteiger partial charge in [0, 0.05) is 16.8 Å². The van der Waals surface area contributed by atoms with Crippen molar-refractivity contribution in [2.45, 2.75) is 25.8 Å². The first-order valence-corrected chi connectivity index (χ1v) is 9.53. The minimum Gasteiger partial charge on any atom is -0.346 e. The van der Waals surface area contributed by atoms with Gasteiger partial charge >= 0.3 is 0 Å². The highest BCUT2D eigenvalue weighted by atomic mass is 35.5. The Balaban J connectivity index is 1.49. The zero-order valence-corrected chi connectivity index (χ0v) is 16.1. The van der Waals surface area contributed by atoms with Gasteiger partial charge in [0.1, 0.15) is 0 Å². The molecule has 2 N–H and O–H groups in total. The molecular weight excluding hydrogens is 362 g/mol. The van der Waals surface area contributed by atoms with Crippen LogP contribution in [0.5, 0.6) is 0 Å². The van der Waals surface area contributed by atoms with Gasteiger partial charge in [-0.3, -0.25) is 14.5 Å². The van der Waals surface area contributed by atoms with Crippen molar-refractivity contribution in [3.8, 4) is 0 Å². The number of rotatable bonds is 6. The standard InChI is InChI=1S/C21H24ClN3O2/c1-15-17(22)9-5-10-18(15)24-20(26)13-23-21(27)14-25-12-6-11-19(25)16-7-3-2-4-8-16/h2-5,7-10,19H,6,11-14H2,1H3,(H,23,27)(H,24,26). The molecule has 0 aromatic heterocycles. The normalized spacial score (nSPS) is 16.9. The van der Waals surface area contributed by atoms with Crippen LogP contribution in [0.3, 0.4) is 0 Å². The summed E-state index contributed by atoms with van der Waals surface area (Å²) in [5.41, 5.74) is 2.70. The van der Waals surface area contributed by atoms with E-state index >= 15 is 0 Å². The van der Waals surface area contributed by atoms with Crippen LogP contribution >= 0.6 is 11.6 Å². The van der Waals surface area contributed by atoms with Gasteiger partial charge in [0.2, 0.25) is 11.8 Å². The lowest BCUT2D eigenvalue weighted by Gasteiger charge is -2.24. The number of anilines is 1. The van der Waals surface area contributed by atoms with Crippen LogP contribution in [0.2, 0.25) is 5.02 Å². The van der Waals surface area contributed by atoms with Crippen molar-refractivity contribution in [3.05, 3.63) is 64.7 Å². The molecule has 142 valence electrons. The monoisotopic (exact) mass is 385 g/mol. The van der Waals surface area contributed by atoms with Gasteiger partial charge in [-0.15, -0.1) is 0 Å². The maximum absolute atomic E-state index is 12.3. The number of nitrogens with one attached hydrogen (secondary N) is 2. The Morgan fingerprint density at radius 3 is 2.67 bits per heavy atom. The van der Waals surface area contributed by atoms with E-state index in [2.05, 4.69) is 27.7 Å². The molecule has 27 heavy (non-hydrogen) atoms. The molecule has 3 rings (SSSR count). The average Bonchev–Trinajstić information content (AvgIpc) is 3.12. The van der Waals surface area contributed by atoms with E-state index in [1.165, 1.54) is 5.56 Å². The van der Waals surface area contributed by atoms with E-state index in [-0.39, 0.29) is 24.4 Å². The van der Waals surface area contributed by atoms with E-state index in [9.17, 15) is 9.59 Å². The van der Waals surface area contributed by atoms with Crippen LogP contribution in [0.25, 0.3) is 0 Å². The van der Waals surface area contributed by atoms with Crippen LogP contribution in [0.15, 0.2) is 48.5 Å². The second kappa shape index (κ2) is 9.02. The number of carbonyl (C=O) groups is 2. The van der Waals surface area contributed by atoms with E-state index in [4.69, 9.17) is 11.6 Å². The first kappa shape index (κ1) is 19.4. The zero-order chi connectivity index (χ0) is 19.2. The smallest absolute Gasteiger partial charge is 0.243 e. The number of hydrogen-bond acceptors (Lipinski definition) is 3. The predicted octanol–water partition coefficient (Wildman–Crippen LogP) is 3.54. The summed E-state index contributed by atoms with van der Waals surface area (Å²) < 4.78 is 0. The summed E-state index contributed by atoms with van der Waals surface area (Å²) in [4.78, 5) is 26.6. The molecule has 0 bridgehead atoms. The SMILES string of the molecule is Cc1c(Cl)cccc1NC(=O)CNC(=O)CN1CCCC1c1ccccc1. The largest absolute Gasteiger partial charge is 0.346 e. The maximum atomic E-state index is 12.3. The molecule has 1 unspecified atom stereocenters. The Hall–Kier alpha value is -2.37. The molecule has 5 nitrogen and oxygen atoms in total. The second-order valence-electron chi connectivity index (χ2n) is 6.78. The summed E-state index contributed by atoms with van der Waals surface area (Å²) >= 11 is 6.06. The van der Waals surface area contributed by atoms with E-state index in [0.29, 0.717) is 17.3 Å². The number of halogens is 1. The number of carbonyl (C=O) groups excluding carboxylic acids is 2. The van der Waals surface area contributed by atoms with Crippen molar-refractivity contribution in [2.75, 3.05) is 25.0 Å². The molecule has 1 aliphatic heterocycles. The highest BCUT2D eigenvalue weighted by molar-refractivity contribution is 6.31. The van der Waals surface area contributed by atoms with Gasteiger partial charge < -0.3 is 10.6 Å². The van der Waals surface area contributed by atoms with Crippen molar-refractivity contribution in [3.63, 3.8) is 0 Å². The van der Waals surface area contributed by atoms with Gasteiger partial charge in [0.25, 0.3) is 0 Å². The third kappa shape index (κ3) is 5.08. The Bertz CT molecular complexity index is 810. The van der Waals surface area contributed by atoms with Crippen LogP contribution in [0.1, 0.15) is 30.0 Å². The quantitative estimate of drug-likeness (QED) is 0.799. The molecule has 0 saturated carbocycles. The first-order valence-electron chi connectivity index (χ1n) is 9.15. The number of likely N-dealkylation sites (tertiary alicyclic amines) is 1. The van der Waals surface area contributed by atoms with Crippen molar-refractivity contribution in [2.24, 2.45) is 0 Å². The average molecular weight is 386 g/mol. The van der Waals surface area contributed by atoms with Crippen LogP contribution < -0.4 is 10.6 Å². The molecule has 2 aromatic carbocycles. The Morgan fingerprint density at radius 1 is 1.11 bits per heavy atom. The minimum absolute atomic E-state index is 0.0609. The number of hydrogen-bond donors (Lipinski definition) is 2. The Labute approximate surface area is 164 Å². The van der Waals surface area contributed by atoms with Gasteiger partial charge in [-0.05, 0) is 49.6 Å². The van der Waals surface area contributed by atoms with Gasteiger partial charge in [0.15, 0.2) is 0 Å². The van der Waals surface area contributed by atoms with Gasteiger partial charge in [-0.25, -0.2) is 0 Å². The molecule has 0 spiro atoms. The highest BCUT2D eigenvalue weighted by Crippen LogP contribution is 2.31. The maximum Gasteiger partial charge on any atom is 0.243 e. The molecule has 2 amide bonds. The predicted molar refractivity (Wildman–Crippen MR) is 108 cm³/mol. The van der Waals surface area contributed by atoms with Crippen molar-refractivity contribution < 1.29 is 9.59 Å². The lowest BCUT2D eigenvalue weighted by atomic mass is 10.0. The molecular formula is C21H24ClN3O2. The summed E-state index contributed by atoms with van der Waals surface area (Å²) in [6.45, 7) is 2.96. The number of amides is 2. The minimum atomic E-state index is -0.269. The summed E-state index contributed by atoms with van der Waals surface area (Å²) in [5.74, 6) is -0.412. The topological polar surface area (TPSA) is 61.4 Å². The fourth-order valence-electron chi connectivity index (χ4n) is 3.42. The Kier molecular flexibility index (Phi) is 6.48. The molecule has 1 saturated heterocycles. The highest BCUT2D eigenvalue weighted by Gasteiger charge is 2.27. The number of benzene rings is 2. The van der Waals surface area contributed by atoms with Crippen LogP contribution in [0.4, 0.5) is 5.69 Å². The fraction of sp³-hybridized carbons (Fsp3) is 0.333. The molecule has 0 radical (unpaired) electrons. The van der Waals surface area contributed by atoms with Gasteiger partial charge in [0.05, 0.1) is 13.1 Å². The molecule has 0 aliphatic carbocycles. The summed E-state index contributed by atoms with van der Waals surface area (Å²) in [6.07, 6.45) is 2.12. The van der Waals surface area contributed by atoms with E-state index in [1.54, 1.807) is 18.2 Å². The lowest BCUT2D eigenvalue weighted by Crippen LogP contribution is -2.40. The van der Waals surface area contributed by atoms with Crippen molar-refractivity contribution in [1.29, 1.82) is 0 Å². The van der Waals surface area contributed by atoms with Gasteiger partial charge in [-0.1, -0.05) is 48.0 Å². The van der Waals surface area contributed by atoms with Crippen molar-refractivity contribution in [1.82, 2.24) is 10.2 Å². The summed E-state index contributed by atoms with van der Waals surface area (Å²) in [6, 6.07) is 15.8. The first-order chi connectivity index (χ1) is 13.0. The fourth-order valence-corrected chi connectivity index (χ4v) is 3.60. The van der Waals surface area contributed by atoms with Crippen LogP contribution in [-0.2, 0) is 9.59 Å². The van der Waals surface area contributed by atoms with Crippen LogP contribution in [-0.4, -0.2) is 36.3 Å². The second-order valence-corrected chi connectivity index (χ2v) is 7.18. The van der Waals surface area contributed by atoms with E-state index in [1.807, 2.05) is 25.1 Å². The summed E-state index contributed by atoms with van der Waals surface area (Å²) in [7, 11) is 0. The Morgan fingerprint density at radius 2 is 1.89 bits per heavy atom. The molecule has 1 heterocycles. The zero-order valence-electron chi connectivity index (χ0n) is 15.4. The van der Waals surface area contributed by atoms with E-state index < -0.39 is 0 Å². The molecule has 1 atom stereocenters. The van der Waals surface area contributed by atoms with E-state index in [0.717, 1.165) is 24.9 Å². The third-order valence-corrected chi connectivity index (χ3v) is 5.29. The molecule has 1 aliphatic rings. The molecule has 6 heteroatoms. The third-order valence-electron chi connectivity index (χ3n) is 4.88. The molecule has 2 aromatic rings. The van der Waals surface area contributed by atoms with Crippen LogP contribution in [0, 0.1) is 6.92 Å². The van der Waals surface area contributed by atoms with Crippen molar-refractivity contribution >= 4 is 29.1 Å². The summed E-state index contributed by atoms with van der Waals surface area (Å²) in [5, 5.41) is 6.09.